The number of carbonyl (C=O) groups excluding carboxylic acids is 2. The van der Waals surface area contributed by atoms with E-state index in [0.717, 1.165) is 11.8 Å². The largest absolute Gasteiger partial charge is 0.338 e. The van der Waals surface area contributed by atoms with Gasteiger partial charge < -0.3 is 5.32 Å². The van der Waals surface area contributed by atoms with Crippen molar-refractivity contribution in [1.82, 2.24) is 20.2 Å². The highest BCUT2D eigenvalue weighted by atomic mass is 32.2. The normalized spacial score (nSPS) is 10.6. The average Bonchev–Trinajstić information content (AvgIpc) is 2.68. The van der Waals surface area contributed by atoms with Crippen LogP contribution in [0.5, 0.6) is 0 Å². The zero-order chi connectivity index (χ0) is 20.1. The number of fused-ring (bicyclic) bond motifs is 1. The summed E-state index contributed by atoms with van der Waals surface area (Å²) in [6, 6.07) is 11.7. The van der Waals surface area contributed by atoms with E-state index in [0.29, 0.717) is 23.1 Å². The van der Waals surface area contributed by atoms with Crippen LogP contribution in [0.4, 0.5) is 9.18 Å². The first-order valence-electron chi connectivity index (χ1n) is 8.48. The molecule has 28 heavy (non-hydrogen) atoms. The Morgan fingerprint density at radius 1 is 1.14 bits per heavy atom. The number of nitrogens with zero attached hydrogens (tertiary/aromatic N) is 2. The number of halogens is 1. The van der Waals surface area contributed by atoms with Crippen LogP contribution < -0.4 is 16.2 Å². The third-order valence-corrected chi connectivity index (χ3v) is 4.69. The van der Waals surface area contributed by atoms with E-state index in [-0.39, 0.29) is 16.5 Å². The van der Waals surface area contributed by atoms with Gasteiger partial charge in [-0.3, -0.25) is 19.5 Å². The quantitative estimate of drug-likeness (QED) is 0.507. The molecule has 0 saturated heterocycles. The van der Waals surface area contributed by atoms with Gasteiger partial charge in [-0.05, 0) is 43.3 Å². The van der Waals surface area contributed by atoms with Crippen LogP contribution in [0, 0.1) is 5.82 Å². The Kier molecular flexibility index (Phi) is 6.05. The van der Waals surface area contributed by atoms with E-state index in [9.17, 15) is 18.8 Å². The fourth-order valence-electron chi connectivity index (χ4n) is 2.52. The molecule has 1 heterocycles. The van der Waals surface area contributed by atoms with E-state index in [1.165, 1.54) is 28.8 Å². The van der Waals surface area contributed by atoms with E-state index in [4.69, 9.17) is 0 Å². The maximum Gasteiger partial charge on any atom is 0.321 e. The lowest BCUT2D eigenvalue weighted by molar-refractivity contribution is -0.117. The number of carbonyl (C=O) groups is 2. The van der Waals surface area contributed by atoms with Crippen LogP contribution in [-0.2, 0) is 4.79 Å². The number of para-hydroxylation sites is 1. The molecule has 0 aliphatic heterocycles. The third kappa shape index (κ3) is 4.37. The second-order valence-corrected chi connectivity index (χ2v) is 6.67. The summed E-state index contributed by atoms with van der Waals surface area (Å²) in [5.41, 5.74) is 0.581. The predicted molar refractivity (Wildman–Crippen MR) is 105 cm³/mol. The average molecular weight is 400 g/mol. The number of hydrogen-bond acceptors (Lipinski definition) is 5. The number of imide groups is 1. The molecule has 2 N–H and O–H groups in total. The number of amides is 3. The van der Waals surface area contributed by atoms with Gasteiger partial charge in [0.05, 0.1) is 22.3 Å². The summed E-state index contributed by atoms with van der Waals surface area (Å²) in [6.45, 7) is 2.13. The zero-order valence-electron chi connectivity index (χ0n) is 14.9. The monoisotopic (exact) mass is 400 g/mol. The molecule has 3 rings (SSSR count). The Morgan fingerprint density at radius 2 is 1.86 bits per heavy atom. The molecule has 0 aliphatic rings. The number of urea groups is 1. The molecule has 0 atom stereocenters. The van der Waals surface area contributed by atoms with E-state index >= 15 is 0 Å². The number of aromatic nitrogens is 2. The molecule has 2 aromatic carbocycles. The molecule has 3 aromatic rings. The van der Waals surface area contributed by atoms with Crippen LogP contribution in [0.3, 0.4) is 0 Å². The number of nitrogens with one attached hydrogen (secondary N) is 2. The molecule has 1 aromatic heterocycles. The van der Waals surface area contributed by atoms with Crippen molar-refractivity contribution in [3.63, 3.8) is 0 Å². The fourth-order valence-corrected chi connectivity index (χ4v) is 3.34. The first kappa shape index (κ1) is 19.6. The Morgan fingerprint density at radius 3 is 2.57 bits per heavy atom. The Bertz CT molecular complexity index is 1080. The minimum absolute atomic E-state index is 0.122. The lowest BCUT2D eigenvalue weighted by atomic mass is 10.2. The van der Waals surface area contributed by atoms with Gasteiger partial charge in [0.2, 0.25) is 5.91 Å². The van der Waals surface area contributed by atoms with Crippen molar-refractivity contribution >= 4 is 34.6 Å². The Hall–Kier alpha value is -3.20. The standard InChI is InChI=1S/C19H17FN4O3S/c1-2-21-18(27)23-16(25)11-28-19-22-15-6-4-3-5-14(15)17(26)24(19)13-9-7-12(20)8-10-13/h3-10H,2,11H2,1H3,(H2,21,23,25,27). The van der Waals surface area contributed by atoms with Crippen molar-refractivity contribution in [2.45, 2.75) is 12.1 Å². The summed E-state index contributed by atoms with van der Waals surface area (Å²) in [5, 5.41) is 5.33. The number of benzene rings is 2. The van der Waals surface area contributed by atoms with Crippen molar-refractivity contribution in [3.8, 4) is 5.69 Å². The maximum atomic E-state index is 13.3. The molecule has 144 valence electrons. The Balaban J connectivity index is 1.97. The number of hydrogen-bond donors (Lipinski definition) is 2. The smallest absolute Gasteiger partial charge is 0.321 e. The van der Waals surface area contributed by atoms with Gasteiger partial charge in [0.15, 0.2) is 5.16 Å². The maximum absolute atomic E-state index is 13.3. The van der Waals surface area contributed by atoms with Crippen LogP contribution in [0.2, 0.25) is 0 Å². The summed E-state index contributed by atoms with van der Waals surface area (Å²) >= 11 is 1.01. The van der Waals surface area contributed by atoms with Crippen molar-refractivity contribution in [2.24, 2.45) is 0 Å². The van der Waals surface area contributed by atoms with Gasteiger partial charge in [-0.1, -0.05) is 23.9 Å². The highest BCUT2D eigenvalue weighted by Crippen LogP contribution is 2.21. The molecule has 0 spiro atoms. The summed E-state index contributed by atoms with van der Waals surface area (Å²) in [7, 11) is 0. The second kappa shape index (κ2) is 8.66. The Labute approximate surface area is 164 Å². The van der Waals surface area contributed by atoms with Crippen molar-refractivity contribution in [1.29, 1.82) is 0 Å². The van der Waals surface area contributed by atoms with E-state index in [2.05, 4.69) is 15.6 Å². The van der Waals surface area contributed by atoms with Crippen molar-refractivity contribution in [3.05, 3.63) is 64.7 Å². The molecular formula is C19H17FN4O3S. The van der Waals surface area contributed by atoms with E-state index in [1.54, 1.807) is 31.2 Å². The fraction of sp³-hybridized carbons (Fsp3) is 0.158. The lowest BCUT2D eigenvalue weighted by Gasteiger charge is -2.13. The highest BCUT2D eigenvalue weighted by Gasteiger charge is 2.15. The first-order valence-corrected chi connectivity index (χ1v) is 9.46. The molecule has 9 heteroatoms. The van der Waals surface area contributed by atoms with Gasteiger partial charge in [-0.15, -0.1) is 0 Å². The molecule has 0 fully saturated rings. The van der Waals surface area contributed by atoms with Crippen LogP contribution in [-0.4, -0.2) is 33.8 Å². The topological polar surface area (TPSA) is 93.1 Å². The molecule has 0 aliphatic carbocycles. The van der Waals surface area contributed by atoms with Crippen LogP contribution in [0.15, 0.2) is 58.5 Å². The van der Waals surface area contributed by atoms with Crippen molar-refractivity contribution in [2.75, 3.05) is 12.3 Å². The van der Waals surface area contributed by atoms with Gasteiger partial charge in [0, 0.05) is 6.54 Å². The second-order valence-electron chi connectivity index (χ2n) is 5.72. The van der Waals surface area contributed by atoms with Crippen LogP contribution in [0.25, 0.3) is 16.6 Å². The molecule has 7 nitrogen and oxygen atoms in total. The SMILES string of the molecule is CCNC(=O)NC(=O)CSc1nc2ccccc2c(=O)n1-c1ccc(F)cc1. The van der Waals surface area contributed by atoms with Gasteiger partial charge in [0.25, 0.3) is 5.56 Å². The molecule has 0 saturated carbocycles. The van der Waals surface area contributed by atoms with Gasteiger partial charge in [0.1, 0.15) is 5.82 Å². The molecule has 0 unspecified atom stereocenters. The van der Waals surface area contributed by atoms with Gasteiger partial charge in [-0.25, -0.2) is 14.2 Å². The summed E-state index contributed by atoms with van der Waals surface area (Å²) in [6.07, 6.45) is 0. The summed E-state index contributed by atoms with van der Waals surface area (Å²) in [4.78, 5) is 40.9. The van der Waals surface area contributed by atoms with E-state index in [1.807, 2.05) is 0 Å². The van der Waals surface area contributed by atoms with E-state index < -0.39 is 17.8 Å². The highest BCUT2D eigenvalue weighted by molar-refractivity contribution is 7.99. The number of thioether (sulfide) groups is 1. The lowest BCUT2D eigenvalue weighted by Crippen LogP contribution is -2.40. The van der Waals surface area contributed by atoms with Gasteiger partial charge in [-0.2, -0.15) is 0 Å². The third-order valence-electron chi connectivity index (χ3n) is 3.75. The molecule has 0 radical (unpaired) electrons. The van der Waals surface area contributed by atoms with Crippen molar-refractivity contribution < 1.29 is 14.0 Å². The number of rotatable bonds is 5. The zero-order valence-corrected chi connectivity index (χ0v) is 15.8. The minimum atomic E-state index is -0.588. The molecule has 3 amide bonds. The molecular weight excluding hydrogens is 383 g/mol. The summed E-state index contributed by atoms with van der Waals surface area (Å²) in [5.74, 6) is -1.08. The summed E-state index contributed by atoms with van der Waals surface area (Å²) < 4.78 is 14.6. The van der Waals surface area contributed by atoms with Crippen LogP contribution >= 0.6 is 11.8 Å². The predicted octanol–water partition coefficient (Wildman–Crippen LogP) is 2.46. The van der Waals surface area contributed by atoms with Gasteiger partial charge >= 0.3 is 6.03 Å². The van der Waals surface area contributed by atoms with Crippen LogP contribution in [0.1, 0.15) is 6.92 Å². The first-order chi connectivity index (χ1) is 13.5. The minimum Gasteiger partial charge on any atom is -0.338 e. The molecule has 0 bridgehead atoms.